The van der Waals surface area contributed by atoms with E-state index < -0.39 is 35.3 Å². The zero-order valence-corrected chi connectivity index (χ0v) is 20.0. The van der Waals surface area contributed by atoms with Crippen molar-refractivity contribution in [3.63, 3.8) is 0 Å². The van der Waals surface area contributed by atoms with Crippen molar-refractivity contribution >= 4 is 23.6 Å². The van der Waals surface area contributed by atoms with Crippen LogP contribution in [0.25, 0.3) is 0 Å². The van der Waals surface area contributed by atoms with Gasteiger partial charge in [-0.15, -0.1) is 0 Å². The number of fused-ring (bicyclic) bond motifs is 2. The van der Waals surface area contributed by atoms with Gasteiger partial charge in [-0.1, -0.05) is 42.8 Å². The molecule has 2 N–H and O–H groups in total. The molecule has 4 atom stereocenters. The highest BCUT2D eigenvalue weighted by Gasteiger charge is 2.51. The van der Waals surface area contributed by atoms with Crippen LogP contribution in [0.5, 0.6) is 0 Å². The number of likely N-dealkylation sites (tertiary alicyclic amines) is 1. The van der Waals surface area contributed by atoms with E-state index in [9.17, 15) is 24.3 Å². The summed E-state index contributed by atoms with van der Waals surface area (Å²) >= 11 is 0. The van der Waals surface area contributed by atoms with Crippen molar-refractivity contribution in [1.29, 1.82) is 0 Å². The number of benzene rings is 2. The van der Waals surface area contributed by atoms with Crippen molar-refractivity contribution in [3.05, 3.63) is 70.8 Å². The molecule has 8 nitrogen and oxygen atoms in total. The number of hydrogen-bond acceptors (Lipinski definition) is 6. The Bertz CT molecular complexity index is 1260. The Hall–Kier alpha value is -3.36. The quantitative estimate of drug-likeness (QED) is 0.642. The van der Waals surface area contributed by atoms with Crippen molar-refractivity contribution in [1.82, 2.24) is 15.1 Å². The first-order valence-electron chi connectivity index (χ1n) is 12.7. The molecule has 2 aromatic carbocycles. The lowest BCUT2D eigenvalue weighted by Gasteiger charge is -2.48. The second kappa shape index (κ2) is 8.64. The van der Waals surface area contributed by atoms with Crippen LogP contribution in [0.4, 0.5) is 0 Å². The topological polar surface area (TPSA) is 107 Å². The highest BCUT2D eigenvalue weighted by molar-refractivity contribution is 6.23. The SMILES string of the molecule is O=C1CCC(N2C(=O)c3ccc(C4(O)CCN(Cc5ccccc5)C5CCCC54)cc3C2=O)C(=O)N1. The molecular formula is C28H29N3O5. The summed E-state index contributed by atoms with van der Waals surface area (Å²) in [7, 11) is 0. The van der Waals surface area contributed by atoms with Crippen LogP contribution < -0.4 is 5.32 Å². The van der Waals surface area contributed by atoms with Gasteiger partial charge < -0.3 is 5.11 Å². The molecule has 6 rings (SSSR count). The van der Waals surface area contributed by atoms with E-state index in [2.05, 4.69) is 22.3 Å². The number of rotatable bonds is 4. The van der Waals surface area contributed by atoms with E-state index in [0.29, 0.717) is 12.0 Å². The predicted molar refractivity (Wildman–Crippen MR) is 130 cm³/mol. The summed E-state index contributed by atoms with van der Waals surface area (Å²) in [4.78, 5) is 53.7. The standard InChI is InChI=1S/C28H29N3O5/c32-24-12-11-23(25(33)29-24)31-26(34)19-10-9-18(15-20(19)27(31)35)28(36)13-14-30(22-8-4-7-21(22)28)16-17-5-2-1-3-6-17/h1-3,5-6,9-10,15,21-23,36H,4,7-8,11-14,16H2,(H,29,32,33). The third kappa shape index (κ3) is 3.59. The van der Waals surface area contributed by atoms with Gasteiger partial charge in [0.1, 0.15) is 6.04 Å². The molecule has 0 bridgehead atoms. The van der Waals surface area contributed by atoms with E-state index in [1.54, 1.807) is 18.2 Å². The lowest BCUT2D eigenvalue weighted by molar-refractivity contribution is -0.136. The molecule has 0 aromatic heterocycles. The number of carbonyl (C=O) groups is 4. The van der Waals surface area contributed by atoms with Gasteiger partial charge in [-0.25, -0.2) is 0 Å². The van der Waals surface area contributed by atoms with Gasteiger partial charge >= 0.3 is 0 Å². The Balaban J connectivity index is 1.27. The maximum atomic E-state index is 13.3. The molecule has 186 valence electrons. The fourth-order valence-electron chi connectivity index (χ4n) is 6.71. The van der Waals surface area contributed by atoms with E-state index in [4.69, 9.17) is 0 Å². The van der Waals surface area contributed by atoms with Gasteiger partial charge in [0.05, 0.1) is 16.7 Å². The molecule has 2 saturated heterocycles. The zero-order valence-electron chi connectivity index (χ0n) is 20.0. The van der Waals surface area contributed by atoms with Gasteiger partial charge in [0.25, 0.3) is 11.8 Å². The first-order valence-corrected chi connectivity index (χ1v) is 12.7. The summed E-state index contributed by atoms with van der Waals surface area (Å²) in [6.07, 6.45) is 3.70. The summed E-state index contributed by atoms with van der Waals surface area (Å²) in [5.74, 6) is -2.06. The fraction of sp³-hybridized carbons (Fsp3) is 0.429. The van der Waals surface area contributed by atoms with Crippen LogP contribution in [0.1, 0.15) is 70.4 Å². The Morgan fingerprint density at radius 1 is 0.944 bits per heavy atom. The second-order valence-electron chi connectivity index (χ2n) is 10.4. The van der Waals surface area contributed by atoms with Gasteiger partial charge in [-0.2, -0.15) is 0 Å². The zero-order chi connectivity index (χ0) is 25.0. The minimum Gasteiger partial charge on any atom is -0.385 e. The first kappa shape index (κ1) is 23.1. The van der Waals surface area contributed by atoms with Gasteiger partial charge in [-0.05, 0) is 48.9 Å². The largest absolute Gasteiger partial charge is 0.385 e. The maximum absolute atomic E-state index is 13.3. The van der Waals surface area contributed by atoms with Crippen molar-refractivity contribution in [2.75, 3.05) is 6.54 Å². The average Bonchev–Trinajstić information content (AvgIpc) is 3.47. The van der Waals surface area contributed by atoms with Crippen molar-refractivity contribution in [2.45, 2.75) is 62.8 Å². The maximum Gasteiger partial charge on any atom is 0.262 e. The monoisotopic (exact) mass is 487 g/mol. The van der Waals surface area contributed by atoms with E-state index in [-0.39, 0.29) is 35.9 Å². The molecular weight excluding hydrogens is 458 g/mol. The molecule has 0 radical (unpaired) electrons. The van der Waals surface area contributed by atoms with Crippen LogP contribution in [-0.4, -0.2) is 57.2 Å². The summed E-state index contributed by atoms with van der Waals surface area (Å²) in [6, 6.07) is 14.6. The predicted octanol–water partition coefficient (Wildman–Crippen LogP) is 2.35. The molecule has 2 aromatic rings. The summed E-state index contributed by atoms with van der Waals surface area (Å²) < 4.78 is 0. The number of carbonyl (C=O) groups excluding carboxylic acids is 4. The summed E-state index contributed by atoms with van der Waals surface area (Å²) in [5, 5.41) is 14.2. The average molecular weight is 488 g/mol. The molecule has 1 aliphatic carbocycles. The molecule has 3 heterocycles. The summed E-state index contributed by atoms with van der Waals surface area (Å²) in [6.45, 7) is 1.58. The highest BCUT2D eigenvalue weighted by Crippen LogP contribution is 2.49. The van der Waals surface area contributed by atoms with Crippen molar-refractivity contribution in [2.24, 2.45) is 5.92 Å². The van der Waals surface area contributed by atoms with Gasteiger partial charge in [0.2, 0.25) is 11.8 Å². The van der Waals surface area contributed by atoms with E-state index in [1.165, 1.54) is 5.56 Å². The normalized spacial score (nSPS) is 30.4. The van der Waals surface area contributed by atoms with Crippen LogP contribution in [0.3, 0.4) is 0 Å². The lowest BCUT2D eigenvalue weighted by atomic mass is 9.72. The van der Waals surface area contributed by atoms with Crippen LogP contribution in [0.15, 0.2) is 48.5 Å². The number of aliphatic hydroxyl groups is 1. The smallest absolute Gasteiger partial charge is 0.262 e. The number of nitrogens with one attached hydrogen (secondary N) is 1. The van der Waals surface area contributed by atoms with Crippen LogP contribution in [0.2, 0.25) is 0 Å². The third-order valence-electron chi connectivity index (χ3n) is 8.51. The molecule has 36 heavy (non-hydrogen) atoms. The van der Waals surface area contributed by atoms with Crippen molar-refractivity contribution in [3.8, 4) is 0 Å². The van der Waals surface area contributed by atoms with Crippen LogP contribution in [0, 0.1) is 5.92 Å². The Kier molecular flexibility index (Phi) is 5.53. The molecule has 0 spiro atoms. The molecule has 1 saturated carbocycles. The lowest BCUT2D eigenvalue weighted by Crippen LogP contribution is -2.54. The minimum atomic E-state index is -1.09. The highest BCUT2D eigenvalue weighted by atomic mass is 16.3. The summed E-state index contributed by atoms with van der Waals surface area (Å²) in [5.41, 5.74) is 1.28. The van der Waals surface area contributed by atoms with E-state index in [1.807, 2.05) is 18.2 Å². The number of nitrogens with zero attached hydrogens (tertiary/aromatic N) is 2. The van der Waals surface area contributed by atoms with E-state index >= 15 is 0 Å². The minimum absolute atomic E-state index is 0.0338. The van der Waals surface area contributed by atoms with Crippen molar-refractivity contribution < 1.29 is 24.3 Å². The molecule has 3 fully saturated rings. The number of imide groups is 2. The Morgan fingerprint density at radius 2 is 1.72 bits per heavy atom. The Morgan fingerprint density at radius 3 is 2.50 bits per heavy atom. The van der Waals surface area contributed by atoms with Gasteiger partial charge in [-0.3, -0.25) is 34.3 Å². The molecule has 3 aliphatic heterocycles. The van der Waals surface area contributed by atoms with Gasteiger partial charge in [0, 0.05) is 31.5 Å². The number of piperidine rings is 2. The third-order valence-corrected chi connectivity index (χ3v) is 8.51. The molecule has 4 amide bonds. The number of hydrogen-bond donors (Lipinski definition) is 2. The second-order valence-corrected chi connectivity index (χ2v) is 10.4. The van der Waals surface area contributed by atoms with E-state index in [0.717, 1.165) is 37.3 Å². The first-order chi connectivity index (χ1) is 17.4. The Labute approximate surface area is 209 Å². The molecule has 8 heteroatoms. The fourth-order valence-corrected chi connectivity index (χ4v) is 6.71. The van der Waals surface area contributed by atoms with Crippen LogP contribution >= 0.6 is 0 Å². The molecule has 4 aliphatic rings. The molecule has 4 unspecified atom stereocenters. The van der Waals surface area contributed by atoms with Crippen LogP contribution in [-0.2, 0) is 21.7 Å². The van der Waals surface area contributed by atoms with Gasteiger partial charge in [0.15, 0.2) is 0 Å². The number of amides is 4.